The van der Waals surface area contributed by atoms with E-state index in [1.807, 2.05) is 53.4 Å². The zero-order valence-corrected chi connectivity index (χ0v) is 18.7. The molecule has 0 saturated carbocycles. The quantitative estimate of drug-likeness (QED) is 0.431. The van der Waals surface area contributed by atoms with Crippen LogP contribution in [0, 0.1) is 5.82 Å². The van der Waals surface area contributed by atoms with Crippen molar-refractivity contribution in [3.8, 4) is 11.4 Å². The van der Waals surface area contributed by atoms with E-state index < -0.39 is 0 Å². The third-order valence-corrected chi connectivity index (χ3v) is 6.11. The van der Waals surface area contributed by atoms with Crippen molar-refractivity contribution in [3.05, 3.63) is 89.2 Å². The molecule has 1 fully saturated rings. The number of piperazine rings is 1. The van der Waals surface area contributed by atoms with Crippen molar-refractivity contribution in [1.29, 1.82) is 0 Å². The van der Waals surface area contributed by atoms with Gasteiger partial charge in [0.2, 0.25) is 5.91 Å². The molecule has 1 amide bonds. The number of fused-ring (bicyclic) bond motifs is 1. The van der Waals surface area contributed by atoms with Crippen LogP contribution in [-0.2, 0) is 11.2 Å². The second-order valence-electron chi connectivity index (χ2n) is 8.07. The number of hydrogen-bond donors (Lipinski definition) is 0. The molecule has 0 spiro atoms. The first kappa shape index (κ1) is 21.3. The number of halogens is 2. The second-order valence-corrected chi connectivity index (χ2v) is 8.51. The summed E-state index contributed by atoms with van der Waals surface area (Å²) < 4.78 is 13.1. The predicted molar refractivity (Wildman–Crippen MR) is 129 cm³/mol. The van der Waals surface area contributed by atoms with E-state index in [1.54, 1.807) is 12.1 Å². The Hall–Kier alpha value is -3.51. The summed E-state index contributed by atoms with van der Waals surface area (Å²) in [6.45, 7) is 2.52. The Bertz CT molecular complexity index is 1290. The first-order valence-corrected chi connectivity index (χ1v) is 11.2. The van der Waals surface area contributed by atoms with Crippen molar-refractivity contribution >= 4 is 34.2 Å². The lowest BCUT2D eigenvalue weighted by molar-refractivity contribution is -0.130. The van der Waals surface area contributed by atoms with Crippen LogP contribution in [0.15, 0.2) is 72.8 Å². The van der Waals surface area contributed by atoms with Crippen molar-refractivity contribution in [2.45, 2.75) is 6.42 Å². The van der Waals surface area contributed by atoms with Crippen LogP contribution in [0.1, 0.15) is 5.56 Å². The van der Waals surface area contributed by atoms with Crippen molar-refractivity contribution in [1.82, 2.24) is 14.9 Å². The van der Waals surface area contributed by atoms with Gasteiger partial charge in [0.15, 0.2) is 5.82 Å². The van der Waals surface area contributed by atoms with Crippen LogP contribution in [0.5, 0.6) is 0 Å². The van der Waals surface area contributed by atoms with E-state index >= 15 is 0 Å². The smallest absolute Gasteiger partial charge is 0.227 e. The number of nitrogens with zero attached hydrogens (tertiary/aromatic N) is 4. The fraction of sp³-hybridized carbons (Fsp3) is 0.192. The number of anilines is 1. The van der Waals surface area contributed by atoms with Gasteiger partial charge in [-0.15, -0.1) is 0 Å². The van der Waals surface area contributed by atoms with Gasteiger partial charge in [0.05, 0.1) is 11.9 Å². The molecule has 166 valence electrons. The van der Waals surface area contributed by atoms with Crippen molar-refractivity contribution in [2.75, 3.05) is 31.1 Å². The zero-order chi connectivity index (χ0) is 22.8. The molecule has 1 aliphatic heterocycles. The van der Waals surface area contributed by atoms with Gasteiger partial charge in [-0.25, -0.2) is 14.4 Å². The standard InChI is InChI=1S/C26H22ClFN4O/c27-20-8-11-22-23(17-20)29-25(19-4-2-1-3-5-19)30-26(22)32-14-12-31(13-15-32)24(33)16-18-6-9-21(28)10-7-18/h1-11,17H,12-16H2. The van der Waals surface area contributed by atoms with E-state index in [1.165, 1.54) is 12.1 Å². The average molecular weight is 461 g/mol. The van der Waals surface area contributed by atoms with Crippen LogP contribution in [0.4, 0.5) is 10.2 Å². The highest BCUT2D eigenvalue weighted by molar-refractivity contribution is 6.31. The number of amides is 1. The van der Waals surface area contributed by atoms with E-state index in [4.69, 9.17) is 21.6 Å². The van der Waals surface area contributed by atoms with Crippen LogP contribution in [0.3, 0.4) is 0 Å². The summed E-state index contributed by atoms with van der Waals surface area (Å²) in [6, 6.07) is 21.6. The third-order valence-electron chi connectivity index (χ3n) is 5.87. The fourth-order valence-electron chi connectivity index (χ4n) is 4.10. The molecule has 1 saturated heterocycles. The summed E-state index contributed by atoms with van der Waals surface area (Å²) in [5.74, 6) is 1.25. The molecule has 33 heavy (non-hydrogen) atoms. The largest absolute Gasteiger partial charge is 0.352 e. The zero-order valence-electron chi connectivity index (χ0n) is 17.9. The Kier molecular flexibility index (Phi) is 5.92. The highest BCUT2D eigenvalue weighted by Crippen LogP contribution is 2.30. The highest BCUT2D eigenvalue weighted by atomic mass is 35.5. The molecule has 0 N–H and O–H groups in total. The molecule has 1 aromatic heterocycles. The molecule has 3 aromatic carbocycles. The Labute approximate surface area is 196 Å². The minimum atomic E-state index is -0.298. The molecule has 0 radical (unpaired) electrons. The Morgan fingerprint density at radius 2 is 1.64 bits per heavy atom. The maximum atomic E-state index is 13.1. The average Bonchev–Trinajstić information content (AvgIpc) is 2.85. The fourth-order valence-corrected chi connectivity index (χ4v) is 4.27. The molecule has 0 atom stereocenters. The van der Waals surface area contributed by atoms with Crippen LogP contribution < -0.4 is 4.90 Å². The predicted octanol–water partition coefficient (Wildman–Crippen LogP) is 4.98. The number of carbonyl (C=O) groups excluding carboxylic acids is 1. The molecular weight excluding hydrogens is 439 g/mol. The van der Waals surface area contributed by atoms with Gasteiger partial charge in [0.25, 0.3) is 0 Å². The van der Waals surface area contributed by atoms with Gasteiger partial charge in [-0.1, -0.05) is 54.1 Å². The first-order valence-electron chi connectivity index (χ1n) is 10.9. The van der Waals surface area contributed by atoms with Gasteiger partial charge in [-0.05, 0) is 35.9 Å². The van der Waals surface area contributed by atoms with E-state index in [0.717, 1.165) is 27.8 Å². The number of hydrogen-bond acceptors (Lipinski definition) is 4. The second kappa shape index (κ2) is 9.16. The molecule has 1 aliphatic rings. The highest BCUT2D eigenvalue weighted by Gasteiger charge is 2.24. The first-order chi connectivity index (χ1) is 16.1. The molecule has 4 aromatic rings. The van der Waals surface area contributed by atoms with Crippen molar-refractivity contribution in [2.24, 2.45) is 0 Å². The molecule has 0 unspecified atom stereocenters. The van der Waals surface area contributed by atoms with Crippen LogP contribution in [0.2, 0.25) is 5.02 Å². The normalized spacial score (nSPS) is 14.0. The molecule has 0 bridgehead atoms. The SMILES string of the molecule is O=C(Cc1ccc(F)cc1)N1CCN(c2nc(-c3ccccc3)nc3cc(Cl)ccc23)CC1. The van der Waals surface area contributed by atoms with Gasteiger partial charge in [0, 0.05) is 42.2 Å². The van der Waals surface area contributed by atoms with Gasteiger partial charge < -0.3 is 9.80 Å². The number of carbonyl (C=O) groups is 1. The Morgan fingerprint density at radius 1 is 0.909 bits per heavy atom. The Balaban J connectivity index is 1.37. The molecule has 7 heteroatoms. The lowest BCUT2D eigenvalue weighted by Crippen LogP contribution is -2.49. The maximum absolute atomic E-state index is 13.1. The van der Waals surface area contributed by atoms with Gasteiger partial charge in [-0.3, -0.25) is 4.79 Å². The lowest BCUT2D eigenvalue weighted by atomic mass is 10.1. The summed E-state index contributed by atoms with van der Waals surface area (Å²) in [6.07, 6.45) is 0.271. The molecule has 2 heterocycles. The molecule has 0 aliphatic carbocycles. The van der Waals surface area contributed by atoms with E-state index in [-0.39, 0.29) is 18.1 Å². The minimum absolute atomic E-state index is 0.0468. The van der Waals surface area contributed by atoms with Gasteiger partial charge in [0.1, 0.15) is 11.6 Å². The molecule has 5 rings (SSSR count). The maximum Gasteiger partial charge on any atom is 0.227 e. The molecular formula is C26H22ClFN4O. The monoisotopic (exact) mass is 460 g/mol. The number of rotatable bonds is 4. The summed E-state index contributed by atoms with van der Waals surface area (Å²) in [4.78, 5) is 26.5. The summed E-state index contributed by atoms with van der Waals surface area (Å²) in [5, 5.41) is 1.56. The number of aromatic nitrogens is 2. The molecule has 5 nitrogen and oxygen atoms in total. The van der Waals surface area contributed by atoms with Crippen molar-refractivity contribution < 1.29 is 9.18 Å². The topological polar surface area (TPSA) is 49.3 Å². The van der Waals surface area contributed by atoms with E-state index in [2.05, 4.69) is 4.90 Å². The third kappa shape index (κ3) is 4.66. The summed E-state index contributed by atoms with van der Waals surface area (Å²) in [5.41, 5.74) is 2.55. The van der Waals surface area contributed by atoms with Gasteiger partial charge in [-0.2, -0.15) is 0 Å². The van der Waals surface area contributed by atoms with Crippen molar-refractivity contribution in [3.63, 3.8) is 0 Å². The van der Waals surface area contributed by atoms with Crippen LogP contribution in [-0.4, -0.2) is 47.0 Å². The van der Waals surface area contributed by atoms with Crippen LogP contribution >= 0.6 is 11.6 Å². The lowest BCUT2D eigenvalue weighted by Gasteiger charge is -2.36. The Morgan fingerprint density at radius 3 is 2.36 bits per heavy atom. The van der Waals surface area contributed by atoms with Crippen LogP contribution in [0.25, 0.3) is 22.3 Å². The summed E-state index contributed by atoms with van der Waals surface area (Å²) >= 11 is 6.25. The van der Waals surface area contributed by atoms with E-state index in [0.29, 0.717) is 37.0 Å². The number of benzene rings is 3. The minimum Gasteiger partial charge on any atom is -0.352 e. The van der Waals surface area contributed by atoms with Gasteiger partial charge >= 0.3 is 0 Å². The summed E-state index contributed by atoms with van der Waals surface area (Å²) in [7, 11) is 0. The van der Waals surface area contributed by atoms with E-state index in [9.17, 15) is 9.18 Å².